The number of para-hydroxylation sites is 1. The molecule has 2 aromatic carbocycles. The van der Waals surface area contributed by atoms with E-state index in [0.29, 0.717) is 5.56 Å². The van der Waals surface area contributed by atoms with Gasteiger partial charge in [-0.05, 0) is 54.8 Å². The molecule has 1 aromatic heterocycles. The Kier molecular flexibility index (Phi) is 5.26. The summed E-state index contributed by atoms with van der Waals surface area (Å²) in [5.41, 5.74) is 3.18. The summed E-state index contributed by atoms with van der Waals surface area (Å²) in [6, 6.07) is 9.34. The Hall–Kier alpha value is -3.54. The third-order valence-corrected chi connectivity index (χ3v) is 3.88. The van der Waals surface area contributed by atoms with Gasteiger partial charge in [0.15, 0.2) is 11.6 Å². The molecule has 1 N–H and O–H groups in total. The minimum atomic E-state index is -0.833. The molecule has 0 aliphatic carbocycles. The first-order valence-electron chi connectivity index (χ1n) is 8.21. The van der Waals surface area contributed by atoms with Crippen molar-refractivity contribution in [3.63, 3.8) is 0 Å². The fourth-order valence-corrected chi connectivity index (χ4v) is 2.48. The van der Waals surface area contributed by atoms with Gasteiger partial charge in [-0.25, -0.2) is 19.2 Å². The maximum absolute atomic E-state index is 13.5. The largest absolute Gasteiger partial charge is 0.507 e. The molecule has 0 amide bonds. The molecular weight excluding hydrogens is 347 g/mol. The molecule has 6 heteroatoms. The van der Waals surface area contributed by atoms with Crippen LogP contribution in [-0.4, -0.2) is 21.0 Å². The third kappa shape index (κ3) is 4.36. The van der Waals surface area contributed by atoms with E-state index >= 15 is 0 Å². The zero-order valence-electron chi connectivity index (χ0n) is 14.8. The lowest BCUT2D eigenvalue weighted by Gasteiger charge is -2.05. The molecule has 3 aromatic rings. The molecule has 1 heterocycles. The molecule has 3 rings (SSSR count). The summed E-state index contributed by atoms with van der Waals surface area (Å²) in [5, 5.41) is 9.81. The second kappa shape index (κ2) is 7.78. The van der Waals surface area contributed by atoms with E-state index in [1.54, 1.807) is 12.1 Å². The van der Waals surface area contributed by atoms with Gasteiger partial charge in [0.25, 0.3) is 0 Å². The summed E-state index contributed by atoms with van der Waals surface area (Å²) >= 11 is 0. The number of benzene rings is 2. The molecule has 0 bridgehead atoms. The summed E-state index contributed by atoms with van der Waals surface area (Å²) in [6.45, 7) is 3.66. The van der Waals surface area contributed by atoms with Crippen molar-refractivity contribution < 1.29 is 19.0 Å². The van der Waals surface area contributed by atoms with Crippen LogP contribution in [0.15, 0.2) is 48.8 Å². The van der Waals surface area contributed by atoms with Crippen molar-refractivity contribution in [2.75, 3.05) is 0 Å². The molecule has 27 heavy (non-hydrogen) atoms. The zero-order chi connectivity index (χ0) is 19.4. The van der Waals surface area contributed by atoms with E-state index in [2.05, 4.69) is 9.97 Å². The number of esters is 1. The van der Waals surface area contributed by atoms with Crippen LogP contribution >= 0.6 is 0 Å². The van der Waals surface area contributed by atoms with Gasteiger partial charge in [-0.1, -0.05) is 24.3 Å². The Morgan fingerprint density at radius 1 is 1.04 bits per heavy atom. The topological polar surface area (TPSA) is 72.3 Å². The van der Waals surface area contributed by atoms with Crippen molar-refractivity contribution >= 4 is 18.1 Å². The van der Waals surface area contributed by atoms with Gasteiger partial charge in [0, 0.05) is 18.0 Å². The zero-order valence-corrected chi connectivity index (χ0v) is 14.8. The van der Waals surface area contributed by atoms with E-state index in [0.717, 1.165) is 16.7 Å². The van der Waals surface area contributed by atoms with Crippen LogP contribution in [0, 0.1) is 19.7 Å². The van der Waals surface area contributed by atoms with Crippen molar-refractivity contribution in [3.05, 3.63) is 82.7 Å². The van der Waals surface area contributed by atoms with Crippen LogP contribution in [-0.2, 0) is 0 Å². The van der Waals surface area contributed by atoms with Crippen LogP contribution < -0.4 is 4.74 Å². The van der Waals surface area contributed by atoms with Crippen LogP contribution in [0.4, 0.5) is 4.39 Å². The highest BCUT2D eigenvalue weighted by molar-refractivity contribution is 5.87. The number of nitrogens with zero attached hydrogens (tertiary/aromatic N) is 2. The number of ether oxygens (including phenoxy) is 1. The third-order valence-electron chi connectivity index (χ3n) is 3.88. The minimum Gasteiger partial charge on any atom is -0.507 e. The Balaban J connectivity index is 1.72. The average Bonchev–Trinajstić information content (AvgIpc) is 2.66. The van der Waals surface area contributed by atoms with Crippen molar-refractivity contribution in [1.29, 1.82) is 0 Å². The van der Waals surface area contributed by atoms with E-state index in [-0.39, 0.29) is 17.3 Å². The van der Waals surface area contributed by atoms with Gasteiger partial charge < -0.3 is 9.84 Å². The molecule has 0 saturated heterocycles. The summed E-state index contributed by atoms with van der Waals surface area (Å²) in [5.74, 6) is -1.52. The van der Waals surface area contributed by atoms with Crippen molar-refractivity contribution in [2.24, 2.45) is 0 Å². The van der Waals surface area contributed by atoms with Crippen LogP contribution in [0.25, 0.3) is 12.2 Å². The van der Waals surface area contributed by atoms with E-state index in [4.69, 9.17) is 4.74 Å². The number of phenolic OH excluding ortho intramolecular Hbond substituents is 1. The SMILES string of the molecule is Cc1cc(C=Cc2cnc(C(=O)Oc3ccccc3F)nc2)cc(C)c1O. The summed E-state index contributed by atoms with van der Waals surface area (Å²) in [7, 11) is 0. The number of carbonyl (C=O) groups is 1. The summed E-state index contributed by atoms with van der Waals surface area (Å²) in [4.78, 5) is 19.9. The summed E-state index contributed by atoms with van der Waals surface area (Å²) < 4.78 is 18.5. The number of aromatic nitrogens is 2. The molecule has 0 saturated carbocycles. The average molecular weight is 364 g/mol. The second-order valence-electron chi connectivity index (χ2n) is 6.00. The Morgan fingerprint density at radius 3 is 2.26 bits per heavy atom. The van der Waals surface area contributed by atoms with Gasteiger partial charge in [0.1, 0.15) is 5.75 Å². The fraction of sp³-hybridized carbons (Fsp3) is 0.0952. The Morgan fingerprint density at radius 2 is 1.63 bits per heavy atom. The number of halogens is 1. The number of phenols is 1. The minimum absolute atomic E-state index is 0.160. The highest BCUT2D eigenvalue weighted by atomic mass is 19.1. The van der Waals surface area contributed by atoms with E-state index in [1.165, 1.54) is 30.6 Å². The lowest BCUT2D eigenvalue weighted by Crippen LogP contribution is -2.13. The first-order valence-corrected chi connectivity index (χ1v) is 8.21. The predicted molar refractivity (Wildman–Crippen MR) is 99.9 cm³/mol. The van der Waals surface area contributed by atoms with Crippen molar-refractivity contribution in [3.8, 4) is 11.5 Å². The normalized spacial score (nSPS) is 10.9. The monoisotopic (exact) mass is 364 g/mol. The molecule has 0 aliphatic heterocycles. The van der Waals surface area contributed by atoms with Gasteiger partial charge in [0.2, 0.25) is 5.82 Å². The van der Waals surface area contributed by atoms with Gasteiger partial charge in [0.05, 0.1) is 0 Å². The molecule has 0 unspecified atom stereocenters. The first kappa shape index (κ1) is 18.3. The van der Waals surface area contributed by atoms with E-state index in [1.807, 2.05) is 32.1 Å². The lowest BCUT2D eigenvalue weighted by atomic mass is 10.1. The Labute approximate surface area is 155 Å². The molecular formula is C21H17FN2O3. The highest BCUT2D eigenvalue weighted by Crippen LogP contribution is 2.24. The number of hydrogen-bond acceptors (Lipinski definition) is 5. The summed E-state index contributed by atoms with van der Waals surface area (Å²) in [6.07, 6.45) is 6.59. The maximum atomic E-state index is 13.5. The van der Waals surface area contributed by atoms with Crippen LogP contribution in [0.5, 0.6) is 11.5 Å². The van der Waals surface area contributed by atoms with Gasteiger partial charge >= 0.3 is 5.97 Å². The van der Waals surface area contributed by atoms with Crippen LogP contribution in [0.2, 0.25) is 0 Å². The highest BCUT2D eigenvalue weighted by Gasteiger charge is 2.14. The molecule has 0 fully saturated rings. The quantitative estimate of drug-likeness (QED) is 0.551. The molecule has 0 spiro atoms. The molecule has 5 nitrogen and oxygen atoms in total. The van der Waals surface area contributed by atoms with Gasteiger partial charge in [-0.15, -0.1) is 0 Å². The van der Waals surface area contributed by atoms with E-state index < -0.39 is 11.8 Å². The smallest absolute Gasteiger partial charge is 0.381 e. The first-order chi connectivity index (χ1) is 12.9. The van der Waals surface area contributed by atoms with Crippen molar-refractivity contribution in [2.45, 2.75) is 13.8 Å². The van der Waals surface area contributed by atoms with Crippen LogP contribution in [0.1, 0.15) is 32.9 Å². The number of carbonyl (C=O) groups excluding carboxylic acids is 1. The standard InChI is InChI=1S/C21H17FN2O3/c1-13-9-15(10-14(2)19(13)25)7-8-16-11-23-20(24-12-16)21(26)27-18-6-4-3-5-17(18)22/h3-12,25H,1-2H3. The molecule has 0 radical (unpaired) electrons. The number of hydrogen-bond donors (Lipinski definition) is 1. The molecule has 0 atom stereocenters. The number of aryl methyl sites for hydroxylation is 2. The fourth-order valence-electron chi connectivity index (χ4n) is 2.48. The maximum Gasteiger partial charge on any atom is 0.381 e. The number of aromatic hydroxyl groups is 1. The number of rotatable bonds is 4. The van der Waals surface area contributed by atoms with E-state index in [9.17, 15) is 14.3 Å². The lowest BCUT2D eigenvalue weighted by molar-refractivity contribution is 0.0715. The van der Waals surface area contributed by atoms with Crippen molar-refractivity contribution in [1.82, 2.24) is 9.97 Å². The van der Waals surface area contributed by atoms with Crippen LogP contribution in [0.3, 0.4) is 0 Å². The van der Waals surface area contributed by atoms with Gasteiger partial charge in [-0.3, -0.25) is 0 Å². The molecule has 136 valence electrons. The second-order valence-corrected chi connectivity index (χ2v) is 6.00. The predicted octanol–water partition coefficient (Wildman–Crippen LogP) is 4.33. The molecule has 0 aliphatic rings. The Bertz CT molecular complexity index is 991. The van der Waals surface area contributed by atoms with Gasteiger partial charge in [-0.2, -0.15) is 0 Å².